The third kappa shape index (κ3) is 3.31. The number of aromatic nitrogens is 2. The fourth-order valence-electron chi connectivity index (χ4n) is 1.44. The first-order valence-corrected chi connectivity index (χ1v) is 7.18. The summed E-state index contributed by atoms with van der Waals surface area (Å²) in [4.78, 5) is 0. The Morgan fingerprint density at radius 2 is 2.19 bits per heavy atom. The highest BCUT2D eigenvalue weighted by molar-refractivity contribution is 7.91. The minimum absolute atomic E-state index is 0.158. The average molecular weight is 245 g/mol. The third-order valence-electron chi connectivity index (χ3n) is 2.63. The van der Waals surface area contributed by atoms with Crippen molar-refractivity contribution in [2.75, 3.05) is 18.6 Å². The van der Waals surface area contributed by atoms with Crippen LogP contribution in [0.1, 0.15) is 18.2 Å². The molecule has 1 aromatic heterocycles. The molecule has 6 heteroatoms. The van der Waals surface area contributed by atoms with E-state index in [0.29, 0.717) is 6.54 Å². The summed E-state index contributed by atoms with van der Waals surface area (Å²) in [7, 11) is -1.04. The summed E-state index contributed by atoms with van der Waals surface area (Å²) in [6.45, 7) is 4.81. The van der Waals surface area contributed by atoms with Crippen LogP contribution in [-0.2, 0) is 22.9 Å². The molecule has 0 saturated heterocycles. The Morgan fingerprint density at radius 1 is 1.50 bits per heavy atom. The fourth-order valence-corrected chi connectivity index (χ4v) is 2.18. The lowest BCUT2D eigenvalue weighted by Crippen LogP contribution is -2.16. The van der Waals surface area contributed by atoms with E-state index in [1.54, 1.807) is 17.8 Å². The van der Waals surface area contributed by atoms with Gasteiger partial charge in [0.25, 0.3) is 0 Å². The molecule has 0 spiro atoms. The number of rotatable bonds is 6. The van der Waals surface area contributed by atoms with Crippen LogP contribution in [0.4, 0.5) is 0 Å². The summed E-state index contributed by atoms with van der Waals surface area (Å²) in [5, 5.41) is 7.23. The van der Waals surface area contributed by atoms with Crippen LogP contribution < -0.4 is 5.32 Å². The first kappa shape index (κ1) is 13.2. The summed E-state index contributed by atoms with van der Waals surface area (Å²) in [6.07, 6.45) is 1.78. The maximum Gasteiger partial charge on any atom is 0.151 e. The Labute approximate surface area is 96.8 Å². The molecule has 1 heterocycles. The van der Waals surface area contributed by atoms with Gasteiger partial charge in [0.05, 0.1) is 18.5 Å². The van der Waals surface area contributed by atoms with Crippen molar-refractivity contribution in [1.82, 2.24) is 15.1 Å². The minimum atomic E-state index is -2.91. The fraction of sp³-hybridized carbons (Fsp3) is 0.700. The molecule has 0 saturated carbocycles. The van der Waals surface area contributed by atoms with Crippen molar-refractivity contribution < 1.29 is 8.42 Å². The van der Waals surface area contributed by atoms with E-state index in [0.717, 1.165) is 17.8 Å². The second kappa shape index (κ2) is 5.45. The first-order chi connectivity index (χ1) is 7.50. The van der Waals surface area contributed by atoms with Crippen LogP contribution in [0.5, 0.6) is 0 Å². The van der Waals surface area contributed by atoms with Crippen molar-refractivity contribution in [3.8, 4) is 0 Å². The summed E-state index contributed by atoms with van der Waals surface area (Å²) >= 11 is 0. The molecule has 0 bridgehead atoms. The first-order valence-electron chi connectivity index (χ1n) is 5.36. The Bertz CT molecular complexity index is 437. The zero-order valence-corrected chi connectivity index (χ0v) is 10.8. The van der Waals surface area contributed by atoms with E-state index in [1.165, 1.54) is 0 Å². The standard InChI is InChI=1S/C10H19N3O2S/c1-4-16(14,15)6-5-13-9(2)10(7-11-3)8-12-13/h8,11H,4-7H2,1-3H3. The Morgan fingerprint density at radius 3 is 2.75 bits per heavy atom. The average Bonchev–Trinajstić information content (AvgIpc) is 2.59. The van der Waals surface area contributed by atoms with Gasteiger partial charge in [-0.25, -0.2) is 8.42 Å². The largest absolute Gasteiger partial charge is 0.316 e. The van der Waals surface area contributed by atoms with Crippen molar-refractivity contribution >= 4 is 9.84 Å². The van der Waals surface area contributed by atoms with Gasteiger partial charge >= 0.3 is 0 Å². The lowest BCUT2D eigenvalue weighted by Gasteiger charge is -2.05. The van der Waals surface area contributed by atoms with Gasteiger partial charge in [-0.05, 0) is 14.0 Å². The molecule has 16 heavy (non-hydrogen) atoms. The predicted octanol–water partition coefficient (Wildman–Crippen LogP) is 0.346. The Kier molecular flexibility index (Phi) is 4.49. The van der Waals surface area contributed by atoms with Crippen molar-refractivity contribution in [3.63, 3.8) is 0 Å². The molecule has 5 nitrogen and oxygen atoms in total. The molecule has 1 N–H and O–H groups in total. The summed E-state index contributed by atoms with van der Waals surface area (Å²) in [5.74, 6) is 0.349. The number of nitrogens with one attached hydrogen (secondary N) is 1. The molecular weight excluding hydrogens is 226 g/mol. The van der Waals surface area contributed by atoms with E-state index in [1.807, 2.05) is 14.0 Å². The molecule has 0 aliphatic heterocycles. The summed E-state index contributed by atoms with van der Waals surface area (Å²) < 4.78 is 24.5. The van der Waals surface area contributed by atoms with Gasteiger partial charge in [-0.3, -0.25) is 4.68 Å². The molecular formula is C10H19N3O2S. The van der Waals surface area contributed by atoms with Gasteiger partial charge in [0.2, 0.25) is 0 Å². The minimum Gasteiger partial charge on any atom is -0.316 e. The van der Waals surface area contributed by atoms with Gasteiger partial charge in [0.1, 0.15) is 0 Å². The zero-order valence-electron chi connectivity index (χ0n) is 10.0. The molecule has 0 radical (unpaired) electrons. The molecule has 0 atom stereocenters. The third-order valence-corrected chi connectivity index (χ3v) is 4.31. The van der Waals surface area contributed by atoms with Gasteiger partial charge in [-0.1, -0.05) is 6.92 Å². The molecule has 1 rings (SSSR count). The molecule has 1 aromatic rings. The van der Waals surface area contributed by atoms with E-state index >= 15 is 0 Å². The highest BCUT2D eigenvalue weighted by Crippen LogP contribution is 2.07. The highest BCUT2D eigenvalue weighted by atomic mass is 32.2. The van der Waals surface area contributed by atoms with E-state index in [-0.39, 0.29) is 11.5 Å². The maximum atomic E-state index is 11.4. The Balaban J connectivity index is 2.68. The molecule has 0 amide bonds. The van der Waals surface area contributed by atoms with Crippen LogP contribution in [-0.4, -0.2) is 36.8 Å². The van der Waals surface area contributed by atoms with Crippen molar-refractivity contribution in [2.24, 2.45) is 0 Å². The highest BCUT2D eigenvalue weighted by Gasteiger charge is 2.10. The van der Waals surface area contributed by atoms with Gasteiger partial charge in [0.15, 0.2) is 9.84 Å². The summed E-state index contributed by atoms with van der Waals surface area (Å²) in [5.41, 5.74) is 2.14. The molecule has 0 aromatic carbocycles. The van der Waals surface area contributed by atoms with Crippen molar-refractivity contribution in [1.29, 1.82) is 0 Å². The van der Waals surface area contributed by atoms with Gasteiger partial charge < -0.3 is 5.32 Å². The van der Waals surface area contributed by atoms with Crippen LogP contribution in [0, 0.1) is 6.92 Å². The smallest absolute Gasteiger partial charge is 0.151 e. The second-order valence-corrected chi connectivity index (χ2v) is 6.22. The van der Waals surface area contributed by atoms with E-state index in [2.05, 4.69) is 10.4 Å². The van der Waals surface area contributed by atoms with Crippen molar-refractivity contribution in [3.05, 3.63) is 17.5 Å². The number of hydrogen-bond donors (Lipinski definition) is 1. The second-order valence-electron chi connectivity index (χ2n) is 3.75. The van der Waals surface area contributed by atoms with Crippen LogP contribution in [0.2, 0.25) is 0 Å². The van der Waals surface area contributed by atoms with Crippen LogP contribution in [0.15, 0.2) is 6.20 Å². The monoisotopic (exact) mass is 245 g/mol. The van der Waals surface area contributed by atoms with E-state index in [9.17, 15) is 8.42 Å². The number of nitrogens with zero attached hydrogens (tertiary/aromatic N) is 2. The lowest BCUT2D eigenvalue weighted by molar-refractivity contribution is 0.578. The maximum absolute atomic E-state index is 11.4. The molecule has 0 aliphatic rings. The molecule has 0 aliphatic carbocycles. The number of aryl methyl sites for hydroxylation is 1. The number of sulfone groups is 1. The van der Waals surface area contributed by atoms with Crippen molar-refractivity contribution in [2.45, 2.75) is 26.9 Å². The van der Waals surface area contributed by atoms with E-state index in [4.69, 9.17) is 0 Å². The predicted molar refractivity (Wildman–Crippen MR) is 64.1 cm³/mol. The topological polar surface area (TPSA) is 64.0 Å². The zero-order chi connectivity index (χ0) is 12.2. The van der Waals surface area contributed by atoms with Gasteiger partial charge in [0, 0.05) is 23.6 Å². The SMILES string of the molecule is CCS(=O)(=O)CCn1ncc(CNC)c1C. The normalized spacial score (nSPS) is 11.9. The van der Waals surface area contributed by atoms with E-state index < -0.39 is 9.84 Å². The van der Waals surface area contributed by atoms with Gasteiger partial charge in [-0.15, -0.1) is 0 Å². The molecule has 92 valence electrons. The molecule has 0 unspecified atom stereocenters. The van der Waals surface area contributed by atoms with Gasteiger partial charge in [-0.2, -0.15) is 5.10 Å². The molecule has 0 fully saturated rings. The van der Waals surface area contributed by atoms with Crippen LogP contribution >= 0.6 is 0 Å². The summed E-state index contributed by atoms with van der Waals surface area (Å²) in [6, 6.07) is 0. The van der Waals surface area contributed by atoms with Crippen LogP contribution in [0.25, 0.3) is 0 Å². The van der Waals surface area contributed by atoms with Crippen LogP contribution in [0.3, 0.4) is 0 Å². The number of hydrogen-bond acceptors (Lipinski definition) is 4. The lowest BCUT2D eigenvalue weighted by atomic mass is 10.2. The quantitative estimate of drug-likeness (QED) is 0.785. The Hall–Kier alpha value is -0.880.